The first-order valence-corrected chi connectivity index (χ1v) is 14.6. The fourth-order valence-corrected chi connectivity index (χ4v) is 4.17. The Kier molecular flexibility index (Phi) is 31.8. The fourth-order valence-electron chi connectivity index (χ4n) is 3.62. The molecule has 0 fully saturated rings. The predicted octanol–water partition coefficient (Wildman–Crippen LogP) is 16.0. The number of benzene rings is 4. The summed E-state index contributed by atoms with van der Waals surface area (Å²) in [5, 5.41) is 1.70. The van der Waals surface area contributed by atoms with Gasteiger partial charge in [0, 0.05) is 10.0 Å². The average Bonchev–Trinajstić information content (AvgIpc) is 2.90. The van der Waals surface area contributed by atoms with Crippen LogP contribution in [-0.4, -0.2) is 0 Å². The number of hydrogen-bond donors (Lipinski definition) is 0. The molecule has 0 spiro atoms. The van der Waals surface area contributed by atoms with Gasteiger partial charge in [0.25, 0.3) is 0 Å². The second-order valence-corrected chi connectivity index (χ2v) is 11.6. The molecule has 0 radical (unpaired) electrons. The normalized spacial score (nSPS) is 9.24. The van der Waals surface area contributed by atoms with E-state index in [4.69, 9.17) is 23.2 Å². The molecule has 0 heterocycles. The number of halogens is 4. The molecule has 0 unspecified atom stereocenters. The third-order valence-electron chi connectivity index (χ3n) is 6.09. The Balaban J connectivity index is -0.000000152. The van der Waals surface area contributed by atoms with Crippen LogP contribution in [0.4, 0.5) is 8.78 Å². The molecule has 0 aliphatic carbocycles. The third kappa shape index (κ3) is 20.9. The van der Waals surface area contributed by atoms with Crippen LogP contribution in [0, 0.1) is 11.6 Å². The van der Waals surface area contributed by atoms with Crippen molar-refractivity contribution in [3.8, 4) is 0 Å². The van der Waals surface area contributed by atoms with Gasteiger partial charge in [-0.1, -0.05) is 176 Å². The van der Waals surface area contributed by atoms with Crippen molar-refractivity contribution >= 4 is 23.2 Å². The minimum atomic E-state index is -0.147. The minimum Gasteiger partial charge on any atom is -0.207 e. The van der Waals surface area contributed by atoms with Gasteiger partial charge in [-0.05, 0) is 82.3 Å². The van der Waals surface area contributed by atoms with Crippen LogP contribution in [0.25, 0.3) is 0 Å². The molecule has 4 aromatic carbocycles. The number of rotatable bonds is 4. The van der Waals surface area contributed by atoms with Gasteiger partial charge in [-0.15, -0.1) is 0 Å². The summed E-state index contributed by atoms with van der Waals surface area (Å²) in [5.74, 6) is 1.54. The van der Waals surface area contributed by atoms with Crippen LogP contribution in [0.5, 0.6) is 0 Å². The molecule has 4 heteroatoms. The molecule has 0 atom stereocenters. The molecular weight excluding hydrogens is 601 g/mol. The monoisotopic (exact) mass is 664 g/mol. The maximum absolute atomic E-state index is 12.8. The molecular formula is C41H64Cl2F2. The van der Waals surface area contributed by atoms with Gasteiger partial charge in [0.2, 0.25) is 0 Å². The van der Waals surface area contributed by atoms with Crippen LogP contribution in [0.2, 0.25) is 10.0 Å². The molecule has 0 saturated carbocycles. The molecule has 0 aliphatic rings. The van der Waals surface area contributed by atoms with E-state index in [1.807, 2.05) is 68.4 Å². The lowest BCUT2D eigenvalue weighted by Crippen LogP contribution is -1.90. The minimum absolute atomic E-state index is 0. The largest absolute Gasteiger partial charge is 0.207 e. The zero-order valence-corrected chi connectivity index (χ0v) is 26.6. The highest BCUT2D eigenvalue weighted by Crippen LogP contribution is 2.23. The van der Waals surface area contributed by atoms with E-state index in [0.29, 0.717) is 17.8 Å². The molecule has 0 bridgehead atoms. The van der Waals surface area contributed by atoms with E-state index in [1.54, 1.807) is 18.2 Å². The Morgan fingerprint density at radius 3 is 1.18 bits per heavy atom. The third-order valence-corrected chi connectivity index (χ3v) is 6.66. The first-order valence-electron chi connectivity index (χ1n) is 13.8. The standard InChI is InChI=1S/2C9H11Cl.2C9H11F.5CH4/c1-7(2)8-4-3-5-9(10)6-8;1-7(2)8-5-3-4-6-9(8)10;1-7(2)8-4-3-5-9(10)6-8;1-7(2)8-5-3-4-6-9(8)10;;;;;/h4*3-7H,1-2H3;5*1H4. The summed E-state index contributed by atoms with van der Waals surface area (Å²) < 4.78 is 25.4. The van der Waals surface area contributed by atoms with Crippen molar-refractivity contribution in [2.24, 2.45) is 0 Å². The van der Waals surface area contributed by atoms with Crippen molar-refractivity contribution in [3.05, 3.63) is 141 Å². The summed E-state index contributed by atoms with van der Waals surface area (Å²) in [4.78, 5) is 0. The summed E-state index contributed by atoms with van der Waals surface area (Å²) in [7, 11) is 0. The van der Waals surface area contributed by atoms with Crippen LogP contribution >= 0.6 is 23.2 Å². The average molecular weight is 666 g/mol. The van der Waals surface area contributed by atoms with Gasteiger partial charge in [-0.3, -0.25) is 0 Å². The topological polar surface area (TPSA) is 0 Å². The Morgan fingerprint density at radius 2 is 0.867 bits per heavy atom. The molecule has 0 nitrogen and oxygen atoms in total. The first-order chi connectivity index (χ1) is 18.8. The van der Waals surface area contributed by atoms with Crippen LogP contribution in [0.3, 0.4) is 0 Å². The molecule has 0 aromatic heterocycles. The van der Waals surface area contributed by atoms with Gasteiger partial charge in [-0.2, -0.15) is 0 Å². The Hall–Kier alpha value is -2.68. The van der Waals surface area contributed by atoms with Crippen LogP contribution in [0.15, 0.2) is 97.1 Å². The second kappa shape index (κ2) is 27.6. The Labute approximate surface area is 288 Å². The van der Waals surface area contributed by atoms with E-state index in [2.05, 4.69) is 53.7 Å². The van der Waals surface area contributed by atoms with E-state index in [9.17, 15) is 8.78 Å². The molecule has 4 rings (SSSR count). The van der Waals surface area contributed by atoms with Crippen molar-refractivity contribution in [3.63, 3.8) is 0 Å². The zero-order chi connectivity index (χ0) is 30.2. The lowest BCUT2D eigenvalue weighted by Gasteiger charge is -2.05. The molecule has 256 valence electrons. The smallest absolute Gasteiger partial charge is 0.126 e. The van der Waals surface area contributed by atoms with Crippen molar-refractivity contribution < 1.29 is 8.78 Å². The van der Waals surface area contributed by atoms with E-state index < -0.39 is 0 Å². The summed E-state index contributed by atoms with van der Waals surface area (Å²) in [6, 6.07) is 29.5. The van der Waals surface area contributed by atoms with E-state index >= 15 is 0 Å². The van der Waals surface area contributed by atoms with Crippen molar-refractivity contribution in [1.82, 2.24) is 0 Å². The quantitative estimate of drug-likeness (QED) is 0.204. The number of hydrogen-bond acceptors (Lipinski definition) is 0. The Morgan fingerprint density at radius 1 is 0.444 bits per heavy atom. The van der Waals surface area contributed by atoms with E-state index in [-0.39, 0.29) is 54.7 Å². The lowest BCUT2D eigenvalue weighted by atomic mass is 10.0. The lowest BCUT2D eigenvalue weighted by molar-refractivity contribution is 0.598. The van der Waals surface area contributed by atoms with Crippen LogP contribution < -0.4 is 0 Å². The molecule has 0 saturated heterocycles. The molecule has 0 aliphatic heterocycles. The van der Waals surface area contributed by atoms with Crippen molar-refractivity contribution in [2.45, 2.75) is 116 Å². The maximum atomic E-state index is 12.8. The molecule has 4 aromatic rings. The van der Waals surface area contributed by atoms with E-state index in [0.717, 1.165) is 21.2 Å². The van der Waals surface area contributed by atoms with Gasteiger partial charge >= 0.3 is 0 Å². The summed E-state index contributed by atoms with van der Waals surface area (Å²) in [5.41, 5.74) is 4.37. The highest BCUT2D eigenvalue weighted by molar-refractivity contribution is 6.31. The molecule has 0 N–H and O–H groups in total. The van der Waals surface area contributed by atoms with Gasteiger partial charge in [0.05, 0.1) is 0 Å². The second-order valence-electron chi connectivity index (χ2n) is 10.8. The SMILES string of the molecule is C.C.C.C.C.CC(C)c1cccc(Cl)c1.CC(C)c1cccc(F)c1.CC(C)c1ccccc1Cl.CC(C)c1ccccc1F. The van der Waals surface area contributed by atoms with Crippen molar-refractivity contribution in [1.29, 1.82) is 0 Å². The summed E-state index contributed by atoms with van der Waals surface area (Å²) >= 11 is 11.7. The van der Waals surface area contributed by atoms with Gasteiger partial charge < -0.3 is 0 Å². The van der Waals surface area contributed by atoms with Crippen molar-refractivity contribution in [2.75, 3.05) is 0 Å². The zero-order valence-electron chi connectivity index (χ0n) is 25.1. The van der Waals surface area contributed by atoms with Crippen LogP contribution in [-0.2, 0) is 0 Å². The Bertz CT molecular complexity index is 1160. The first kappa shape index (κ1) is 51.9. The molecule has 0 amide bonds. The van der Waals surface area contributed by atoms with E-state index in [1.165, 1.54) is 23.3 Å². The predicted molar refractivity (Wildman–Crippen MR) is 206 cm³/mol. The molecule has 45 heavy (non-hydrogen) atoms. The van der Waals surface area contributed by atoms with Crippen LogP contribution in [0.1, 0.15) is 138 Å². The summed E-state index contributed by atoms with van der Waals surface area (Å²) in [6.07, 6.45) is 0. The summed E-state index contributed by atoms with van der Waals surface area (Å²) in [6.45, 7) is 16.7. The maximum Gasteiger partial charge on any atom is 0.126 e. The highest BCUT2D eigenvalue weighted by Gasteiger charge is 2.03. The van der Waals surface area contributed by atoms with Gasteiger partial charge in [0.15, 0.2) is 0 Å². The fraction of sp³-hybridized carbons (Fsp3) is 0.415. The highest BCUT2D eigenvalue weighted by atomic mass is 35.5. The van der Waals surface area contributed by atoms with Gasteiger partial charge in [-0.25, -0.2) is 8.78 Å². The van der Waals surface area contributed by atoms with Gasteiger partial charge in [0.1, 0.15) is 11.6 Å².